The number of nitrogens with one attached hydrogen (secondary N) is 1. The largest absolute Gasteiger partial charge is 0.444 e. The summed E-state index contributed by atoms with van der Waals surface area (Å²) in [6.45, 7) is 5.78. The molecule has 1 unspecified atom stereocenters. The van der Waals surface area contributed by atoms with Crippen molar-refractivity contribution in [2.24, 2.45) is 0 Å². The third-order valence-corrected chi connectivity index (χ3v) is 2.56. The van der Waals surface area contributed by atoms with Gasteiger partial charge in [0.25, 0.3) is 0 Å². The van der Waals surface area contributed by atoms with Gasteiger partial charge in [-0.2, -0.15) is 0 Å². The van der Waals surface area contributed by atoms with Crippen LogP contribution in [0.2, 0.25) is 0 Å². The lowest BCUT2D eigenvalue weighted by Crippen LogP contribution is -2.48. The van der Waals surface area contributed by atoms with E-state index in [0.29, 0.717) is 12.1 Å². The summed E-state index contributed by atoms with van der Waals surface area (Å²) < 4.78 is 45.7. The maximum Gasteiger partial charge on any atom is 0.408 e. The molecule has 0 aliphatic carbocycles. The Labute approximate surface area is 120 Å². The lowest BCUT2D eigenvalue weighted by atomic mass is 9.92. The number of ether oxygens (including phenoxy) is 1. The molecular formula is C14H16F3NO3. The zero-order chi connectivity index (χ0) is 16.4. The molecule has 0 saturated heterocycles. The van der Waals surface area contributed by atoms with Crippen molar-refractivity contribution in [2.45, 2.75) is 38.8 Å². The Balaban J connectivity index is 3.20. The fourth-order valence-electron chi connectivity index (χ4n) is 1.67. The third kappa shape index (κ3) is 3.96. The molecule has 1 N–H and O–H groups in total. The Morgan fingerprint density at radius 1 is 1.14 bits per heavy atom. The van der Waals surface area contributed by atoms with E-state index in [0.717, 1.165) is 6.92 Å². The first-order chi connectivity index (χ1) is 9.50. The Morgan fingerprint density at radius 3 is 2.14 bits per heavy atom. The van der Waals surface area contributed by atoms with Crippen molar-refractivity contribution >= 4 is 12.4 Å². The number of hydrogen-bond acceptors (Lipinski definition) is 3. The zero-order valence-corrected chi connectivity index (χ0v) is 12.1. The summed E-state index contributed by atoms with van der Waals surface area (Å²) in [5.41, 5.74) is -3.85. The monoisotopic (exact) mass is 303 g/mol. The van der Waals surface area contributed by atoms with Crippen molar-refractivity contribution in [1.82, 2.24) is 5.32 Å². The predicted octanol–water partition coefficient (Wildman–Crippen LogP) is 3.04. The van der Waals surface area contributed by atoms with Gasteiger partial charge in [0.05, 0.1) is 5.56 Å². The van der Waals surface area contributed by atoms with Crippen LogP contribution in [0.4, 0.5) is 18.0 Å². The maximum atomic E-state index is 13.8. The molecule has 0 bridgehead atoms. The van der Waals surface area contributed by atoms with E-state index in [9.17, 15) is 22.8 Å². The quantitative estimate of drug-likeness (QED) is 0.690. The molecule has 0 spiro atoms. The van der Waals surface area contributed by atoms with E-state index in [1.165, 1.54) is 0 Å². The number of carbonyl (C=O) groups excluding carboxylic acids is 2. The number of halogens is 3. The Hall–Kier alpha value is -2.05. The molecule has 1 aromatic carbocycles. The van der Waals surface area contributed by atoms with Gasteiger partial charge in [0, 0.05) is 0 Å². The second-order valence-corrected chi connectivity index (χ2v) is 5.67. The topological polar surface area (TPSA) is 55.4 Å². The zero-order valence-electron chi connectivity index (χ0n) is 12.1. The van der Waals surface area contributed by atoms with Gasteiger partial charge >= 0.3 is 6.09 Å². The van der Waals surface area contributed by atoms with Crippen molar-refractivity contribution in [3.8, 4) is 0 Å². The average molecular weight is 303 g/mol. The first-order valence-corrected chi connectivity index (χ1v) is 6.11. The minimum absolute atomic E-state index is 0.109. The highest BCUT2D eigenvalue weighted by Crippen LogP contribution is 2.27. The van der Waals surface area contributed by atoms with Crippen LogP contribution >= 0.6 is 0 Å². The SMILES string of the molecule is CC(C)(C)OC(=O)NC(C)(C=O)c1c(F)ccc(F)c1F. The first kappa shape index (κ1) is 17.0. The molecule has 0 aliphatic rings. The van der Waals surface area contributed by atoms with Crippen LogP contribution in [0, 0.1) is 17.5 Å². The summed E-state index contributed by atoms with van der Waals surface area (Å²) in [5.74, 6) is -4.02. The summed E-state index contributed by atoms with van der Waals surface area (Å²) in [4.78, 5) is 22.9. The molecule has 7 heteroatoms. The highest BCUT2D eigenvalue weighted by Gasteiger charge is 2.36. The van der Waals surface area contributed by atoms with Crippen LogP contribution in [0.15, 0.2) is 12.1 Å². The lowest BCUT2D eigenvalue weighted by Gasteiger charge is -2.28. The van der Waals surface area contributed by atoms with Crippen molar-refractivity contribution in [3.63, 3.8) is 0 Å². The van der Waals surface area contributed by atoms with E-state index in [1.807, 2.05) is 5.32 Å². The van der Waals surface area contributed by atoms with Crippen LogP contribution < -0.4 is 5.32 Å². The van der Waals surface area contributed by atoms with Crippen molar-refractivity contribution < 1.29 is 27.5 Å². The second kappa shape index (κ2) is 5.75. The van der Waals surface area contributed by atoms with Crippen LogP contribution in [-0.2, 0) is 15.1 Å². The van der Waals surface area contributed by atoms with Gasteiger partial charge in [-0.15, -0.1) is 0 Å². The molecule has 0 heterocycles. The molecule has 116 valence electrons. The predicted molar refractivity (Wildman–Crippen MR) is 69.1 cm³/mol. The molecule has 0 fully saturated rings. The fourth-order valence-corrected chi connectivity index (χ4v) is 1.67. The Kier molecular flexibility index (Phi) is 4.65. The number of aldehydes is 1. The van der Waals surface area contributed by atoms with E-state index >= 15 is 0 Å². The van der Waals surface area contributed by atoms with Crippen molar-refractivity contribution in [1.29, 1.82) is 0 Å². The van der Waals surface area contributed by atoms with E-state index in [-0.39, 0.29) is 6.29 Å². The van der Waals surface area contributed by atoms with Gasteiger partial charge in [-0.1, -0.05) is 0 Å². The number of hydrogen-bond donors (Lipinski definition) is 1. The van der Waals surface area contributed by atoms with E-state index in [2.05, 4.69) is 0 Å². The molecule has 1 rings (SSSR count). The second-order valence-electron chi connectivity index (χ2n) is 5.67. The molecule has 21 heavy (non-hydrogen) atoms. The number of benzene rings is 1. The Morgan fingerprint density at radius 2 is 1.67 bits per heavy atom. The molecular weight excluding hydrogens is 287 g/mol. The highest BCUT2D eigenvalue weighted by molar-refractivity contribution is 5.78. The number of carbonyl (C=O) groups is 2. The normalized spacial score (nSPS) is 14.2. The summed E-state index contributed by atoms with van der Waals surface area (Å²) >= 11 is 0. The molecule has 0 aliphatic heterocycles. The number of alkyl carbamates (subject to hydrolysis) is 1. The first-order valence-electron chi connectivity index (χ1n) is 6.11. The lowest BCUT2D eigenvalue weighted by molar-refractivity contribution is -0.113. The van der Waals surface area contributed by atoms with Gasteiger partial charge in [0.2, 0.25) is 0 Å². The van der Waals surface area contributed by atoms with Gasteiger partial charge in [-0.05, 0) is 39.8 Å². The standard InChI is InChI=1S/C14H16F3NO3/c1-13(2,3)21-12(20)18-14(4,7-19)10-8(15)5-6-9(16)11(10)17/h5-7H,1-4H3,(H,18,20). The molecule has 0 saturated carbocycles. The van der Waals surface area contributed by atoms with Crippen LogP contribution in [0.3, 0.4) is 0 Å². The summed E-state index contributed by atoms with van der Waals surface area (Å²) in [7, 11) is 0. The number of amides is 1. The van der Waals surface area contributed by atoms with Crippen LogP contribution in [0.1, 0.15) is 33.3 Å². The van der Waals surface area contributed by atoms with Crippen LogP contribution in [0.25, 0.3) is 0 Å². The molecule has 1 amide bonds. The average Bonchev–Trinajstić information content (AvgIpc) is 2.31. The van der Waals surface area contributed by atoms with Crippen LogP contribution in [0.5, 0.6) is 0 Å². The minimum atomic E-state index is -2.10. The molecule has 1 aromatic rings. The van der Waals surface area contributed by atoms with Crippen LogP contribution in [-0.4, -0.2) is 18.0 Å². The van der Waals surface area contributed by atoms with Gasteiger partial charge in [-0.25, -0.2) is 18.0 Å². The molecule has 0 aromatic heterocycles. The summed E-state index contributed by atoms with van der Waals surface area (Å²) in [5, 5.41) is 2.05. The van der Waals surface area contributed by atoms with E-state index < -0.39 is 40.2 Å². The summed E-state index contributed by atoms with van der Waals surface area (Å²) in [6.07, 6.45) is -0.946. The highest BCUT2D eigenvalue weighted by atomic mass is 19.2. The molecule has 4 nitrogen and oxygen atoms in total. The van der Waals surface area contributed by atoms with Crippen molar-refractivity contribution in [2.75, 3.05) is 0 Å². The third-order valence-electron chi connectivity index (χ3n) is 2.56. The summed E-state index contributed by atoms with van der Waals surface area (Å²) in [6, 6.07) is 1.26. The van der Waals surface area contributed by atoms with Gasteiger partial charge in [0.1, 0.15) is 23.2 Å². The van der Waals surface area contributed by atoms with Gasteiger partial charge in [0.15, 0.2) is 11.6 Å². The Bertz CT molecular complexity index is 569. The smallest absolute Gasteiger partial charge is 0.408 e. The van der Waals surface area contributed by atoms with E-state index in [4.69, 9.17) is 4.74 Å². The maximum absolute atomic E-state index is 13.8. The van der Waals surface area contributed by atoms with Gasteiger partial charge in [-0.3, -0.25) is 0 Å². The number of rotatable bonds is 3. The fraction of sp³-hybridized carbons (Fsp3) is 0.429. The van der Waals surface area contributed by atoms with Gasteiger partial charge < -0.3 is 14.8 Å². The minimum Gasteiger partial charge on any atom is -0.444 e. The molecule has 0 radical (unpaired) electrons. The van der Waals surface area contributed by atoms with Crippen molar-refractivity contribution in [3.05, 3.63) is 35.1 Å². The van der Waals surface area contributed by atoms with E-state index in [1.54, 1.807) is 20.8 Å². The molecule has 1 atom stereocenters.